The Morgan fingerprint density at radius 1 is 1.23 bits per heavy atom. The van der Waals surface area contributed by atoms with Crippen LogP contribution in [0.5, 0.6) is 0 Å². The molecule has 0 spiro atoms. The lowest BCUT2D eigenvalue weighted by atomic mass is 10.0. The highest BCUT2D eigenvalue weighted by Gasteiger charge is 2.28. The van der Waals surface area contributed by atoms with Gasteiger partial charge in [0.05, 0.1) is 17.9 Å². The fourth-order valence-corrected chi connectivity index (χ4v) is 3.32. The zero-order valence-corrected chi connectivity index (χ0v) is 14.4. The van der Waals surface area contributed by atoms with E-state index in [9.17, 15) is 13.6 Å². The zero-order chi connectivity index (χ0) is 18.4. The van der Waals surface area contributed by atoms with E-state index in [2.05, 4.69) is 15.3 Å². The lowest BCUT2D eigenvalue weighted by molar-refractivity contribution is 0.0723. The van der Waals surface area contributed by atoms with Gasteiger partial charge in [0, 0.05) is 36.8 Å². The Kier molecular flexibility index (Phi) is 3.82. The number of rotatable bonds is 2. The third-order valence-corrected chi connectivity index (χ3v) is 4.63. The summed E-state index contributed by atoms with van der Waals surface area (Å²) in [4.78, 5) is 14.6. The van der Waals surface area contributed by atoms with Gasteiger partial charge in [-0.05, 0) is 31.2 Å². The minimum atomic E-state index is -0.923. The lowest BCUT2D eigenvalue weighted by Crippen LogP contribution is -2.36. The summed E-state index contributed by atoms with van der Waals surface area (Å²) in [5, 5.41) is 11.4. The predicted molar refractivity (Wildman–Crippen MR) is 90.3 cm³/mol. The smallest absolute Gasteiger partial charge is 0.272 e. The SMILES string of the molecule is Cc1cc(C(=O)N2CCc3[nH]nc(-c4ccc(F)c(F)c4)c3C2)n(C)n1. The summed E-state index contributed by atoms with van der Waals surface area (Å²) in [6, 6.07) is 5.44. The minimum absolute atomic E-state index is 0.115. The monoisotopic (exact) mass is 357 g/mol. The first-order valence-corrected chi connectivity index (χ1v) is 8.25. The highest BCUT2D eigenvalue weighted by molar-refractivity contribution is 5.93. The number of halogens is 2. The Bertz CT molecular complexity index is 1010. The first-order valence-electron chi connectivity index (χ1n) is 8.25. The van der Waals surface area contributed by atoms with Gasteiger partial charge in [0.25, 0.3) is 5.91 Å². The number of H-pyrrole nitrogens is 1. The van der Waals surface area contributed by atoms with Crippen molar-refractivity contribution in [3.63, 3.8) is 0 Å². The van der Waals surface area contributed by atoms with Gasteiger partial charge in [-0.2, -0.15) is 10.2 Å². The van der Waals surface area contributed by atoms with Crippen molar-refractivity contribution < 1.29 is 13.6 Å². The number of aromatic amines is 1. The summed E-state index contributed by atoms with van der Waals surface area (Å²) < 4.78 is 28.4. The molecule has 0 saturated heterocycles. The minimum Gasteiger partial charge on any atom is -0.332 e. The highest BCUT2D eigenvalue weighted by Crippen LogP contribution is 2.29. The number of aryl methyl sites for hydroxylation is 2. The van der Waals surface area contributed by atoms with Crippen LogP contribution >= 0.6 is 0 Å². The standard InChI is InChI=1S/C18H17F2N5O/c1-10-7-16(24(2)23-10)18(26)25-6-5-15-12(9-25)17(22-21-15)11-3-4-13(19)14(20)8-11/h3-4,7-8H,5-6,9H2,1-2H3,(H,21,22). The molecule has 2 aromatic heterocycles. The fraction of sp³-hybridized carbons (Fsp3) is 0.278. The van der Waals surface area contributed by atoms with Gasteiger partial charge in [0.15, 0.2) is 11.6 Å². The average Bonchev–Trinajstić information content (AvgIpc) is 3.19. The highest BCUT2D eigenvalue weighted by atomic mass is 19.2. The van der Waals surface area contributed by atoms with Crippen LogP contribution in [0.3, 0.4) is 0 Å². The normalized spacial score (nSPS) is 13.8. The van der Waals surface area contributed by atoms with Crippen LogP contribution in [0, 0.1) is 18.6 Å². The van der Waals surface area contributed by atoms with Crippen LogP contribution < -0.4 is 0 Å². The maximum absolute atomic E-state index is 13.6. The van der Waals surface area contributed by atoms with Gasteiger partial charge in [-0.25, -0.2) is 8.78 Å². The van der Waals surface area contributed by atoms with Crippen LogP contribution in [0.4, 0.5) is 8.78 Å². The van der Waals surface area contributed by atoms with Crippen molar-refractivity contribution in [3.8, 4) is 11.3 Å². The van der Waals surface area contributed by atoms with Crippen LogP contribution in [-0.4, -0.2) is 37.3 Å². The largest absolute Gasteiger partial charge is 0.332 e. The lowest BCUT2D eigenvalue weighted by Gasteiger charge is -2.27. The van der Waals surface area contributed by atoms with E-state index >= 15 is 0 Å². The van der Waals surface area contributed by atoms with Crippen LogP contribution in [0.15, 0.2) is 24.3 Å². The van der Waals surface area contributed by atoms with E-state index < -0.39 is 11.6 Å². The topological polar surface area (TPSA) is 66.8 Å². The van der Waals surface area contributed by atoms with E-state index in [1.54, 1.807) is 22.7 Å². The Morgan fingerprint density at radius 2 is 2.04 bits per heavy atom. The van der Waals surface area contributed by atoms with Crippen molar-refractivity contribution in [2.75, 3.05) is 6.54 Å². The summed E-state index contributed by atoms with van der Waals surface area (Å²) in [6.45, 7) is 2.74. The van der Waals surface area contributed by atoms with Crippen molar-refractivity contribution in [2.45, 2.75) is 19.9 Å². The van der Waals surface area contributed by atoms with Crippen molar-refractivity contribution in [1.29, 1.82) is 0 Å². The first-order chi connectivity index (χ1) is 12.4. The number of benzene rings is 1. The molecule has 0 aliphatic carbocycles. The Labute approximate surface area is 148 Å². The molecule has 1 amide bonds. The molecule has 0 fully saturated rings. The molecule has 6 nitrogen and oxygen atoms in total. The van der Waals surface area contributed by atoms with Gasteiger partial charge >= 0.3 is 0 Å². The van der Waals surface area contributed by atoms with E-state index in [4.69, 9.17) is 0 Å². The number of amides is 1. The maximum atomic E-state index is 13.6. The number of nitrogens with one attached hydrogen (secondary N) is 1. The molecule has 0 saturated carbocycles. The Balaban J connectivity index is 1.66. The Hall–Kier alpha value is -3.03. The van der Waals surface area contributed by atoms with E-state index in [0.29, 0.717) is 36.5 Å². The molecule has 1 N–H and O–H groups in total. The molecule has 1 aromatic carbocycles. The predicted octanol–water partition coefficient (Wildman–Crippen LogP) is 2.60. The summed E-state index contributed by atoms with van der Waals surface area (Å²) >= 11 is 0. The molecule has 1 aliphatic rings. The molecule has 3 heterocycles. The first kappa shape index (κ1) is 16.4. The van der Waals surface area contributed by atoms with Gasteiger partial charge in [0.2, 0.25) is 0 Å². The fourth-order valence-electron chi connectivity index (χ4n) is 3.32. The molecular formula is C18H17F2N5O. The number of aromatic nitrogens is 4. The van der Waals surface area contributed by atoms with Crippen molar-refractivity contribution in [2.24, 2.45) is 7.05 Å². The van der Waals surface area contributed by atoms with Crippen molar-refractivity contribution >= 4 is 5.91 Å². The summed E-state index contributed by atoms with van der Waals surface area (Å²) in [5.41, 5.74) is 4.05. The van der Waals surface area contributed by atoms with Gasteiger partial charge in [-0.15, -0.1) is 0 Å². The van der Waals surface area contributed by atoms with Crippen LogP contribution in [-0.2, 0) is 20.0 Å². The molecule has 26 heavy (non-hydrogen) atoms. The number of carbonyl (C=O) groups excluding carboxylic acids is 1. The van der Waals surface area contributed by atoms with Crippen molar-refractivity contribution in [1.82, 2.24) is 24.9 Å². The number of carbonyl (C=O) groups is 1. The molecule has 1 aliphatic heterocycles. The number of fused-ring (bicyclic) bond motifs is 1. The molecule has 0 unspecified atom stereocenters. The van der Waals surface area contributed by atoms with E-state index in [0.717, 1.165) is 29.1 Å². The third-order valence-electron chi connectivity index (χ3n) is 4.63. The van der Waals surface area contributed by atoms with Gasteiger partial charge in [0.1, 0.15) is 5.69 Å². The quantitative estimate of drug-likeness (QED) is 0.767. The zero-order valence-electron chi connectivity index (χ0n) is 14.4. The third kappa shape index (κ3) is 2.67. The molecule has 0 radical (unpaired) electrons. The summed E-state index contributed by atoms with van der Waals surface area (Å²) in [6.07, 6.45) is 0.620. The molecule has 4 rings (SSSR count). The second kappa shape index (κ2) is 6.05. The average molecular weight is 357 g/mol. The second-order valence-corrected chi connectivity index (χ2v) is 6.43. The number of hydrogen-bond donors (Lipinski definition) is 1. The number of hydrogen-bond acceptors (Lipinski definition) is 3. The molecule has 8 heteroatoms. The molecule has 3 aromatic rings. The van der Waals surface area contributed by atoms with Crippen LogP contribution in [0.25, 0.3) is 11.3 Å². The summed E-state index contributed by atoms with van der Waals surface area (Å²) in [5.74, 6) is -1.94. The number of nitrogens with zero attached hydrogens (tertiary/aromatic N) is 4. The second-order valence-electron chi connectivity index (χ2n) is 6.43. The van der Waals surface area contributed by atoms with E-state index in [1.807, 2.05) is 6.92 Å². The Morgan fingerprint density at radius 3 is 2.73 bits per heavy atom. The van der Waals surface area contributed by atoms with Gasteiger partial charge in [-0.1, -0.05) is 0 Å². The maximum Gasteiger partial charge on any atom is 0.272 e. The van der Waals surface area contributed by atoms with Crippen LogP contribution in [0.2, 0.25) is 0 Å². The molecular weight excluding hydrogens is 340 g/mol. The molecule has 0 bridgehead atoms. The molecule has 134 valence electrons. The van der Waals surface area contributed by atoms with Gasteiger partial charge in [-0.3, -0.25) is 14.6 Å². The van der Waals surface area contributed by atoms with Gasteiger partial charge < -0.3 is 4.90 Å². The van der Waals surface area contributed by atoms with E-state index in [-0.39, 0.29) is 5.91 Å². The molecule has 0 atom stereocenters. The van der Waals surface area contributed by atoms with E-state index in [1.165, 1.54) is 6.07 Å². The van der Waals surface area contributed by atoms with Crippen LogP contribution in [0.1, 0.15) is 27.4 Å². The van der Waals surface area contributed by atoms with Crippen molar-refractivity contribution in [3.05, 3.63) is 58.5 Å². The summed E-state index contributed by atoms with van der Waals surface area (Å²) in [7, 11) is 1.74.